The van der Waals surface area contributed by atoms with E-state index in [0.717, 1.165) is 41.5 Å². The minimum Gasteiger partial charge on any atom is -0.376 e. The van der Waals surface area contributed by atoms with Crippen molar-refractivity contribution in [2.45, 2.75) is 46.1 Å². The summed E-state index contributed by atoms with van der Waals surface area (Å²) in [5, 5.41) is 0. The summed E-state index contributed by atoms with van der Waals surface area (Å²) < 4.78 is 5.73. The van der Waals surface area contributed by atoms with Crippen LogP contribution in [0, 0.1) is 13.8 Å². The number of likely N-dealkylation sites (N-methyl/N-ethyl adjacent to an activating group) is 1. The molecule has 0 aliphatic carbocycles. The fourth-order valence-corrected chi connectivity index (χ4v) is 4.41. The number of hydrogen-bond donors (Lipinski definition) is 0. The number of amides is 2. The van der Waals surface area contributed by atoms with Crippen LogP contribution in [-0.2, 0) is 20.7 Å². The molecule has 2 aliphatic rings. The highest BCUT2D eigenvalue weighted by molar-refractivity contribution is 6.35. The van der Waals surface area contributed by atoms with Crippen molar-refractivity contribution in [3.8, 4) is 0 Å². The third-order valence-electron chi connectivity index (χ3n) is 6.47. The van der Waals surface area contributed by atoms with Crippen LogP contribution in [0.25, 0.3) is 5.57 Å². The second-order valence-electron chi connectivity index (χ2n) is 8.56. The van der Waals surface area contributed by atoms with Crippen LogP contribution in [0.2, 0.25) is 0 Å². The molecular weight excluding hydrogens is 402 g/mol. The molecule has 1 aromatic carbocycles. The summed E-state index contributed by atoms with van der Waals surface area (Å²) in [4.78, 5) is 34.7. The van der Waals surface area contributed by atoms with Gasteiger partial charge in [-0.3, -0.25) is 19.5 Å². The maximum absolute atomic E-state index is 13.6. The third kappa shape index (κ3) is 4.46. The number of benzene rings is 1. The highest BCUT2D eigenvalue weighted by Crippen LogP contribution is 2.33. The van der Waals surface area contributed by atoms with Gasteiger partial charge in [-0.15, -0.1) is 0 Å². The smallest absolute Gasteiger partial charge is 0.277 e. The molecule has 2 aliphatic heterocycles. The zero-order valence-corrected chi connectivity index (χ0v) is 19.1. The van der Waals surface area contributed by atoms with E-state index >= 15 is 0 Å². The fraction of sp³-hybridized carbons (Fsp3) is 0.423. The van der Waals surface area contributed by atoms with E-state index in [-0.39, 0.29) is 17.9 Å². The predicted octanol–water partition coefficient (Wildman–Crippen LogP) is 3.52. The molecule has 0 spiro atoms. The Labute approximate surface area is 189 Å². The average Bonchev–Trinajstić information content (AvgIpc) is 3.40. The van der Waals surface area contributed by atoms with Crippen LogP contribution >= 0.6 is 0 Å². The lowest BCUT2D eigenvalue weighted by atomic mass is 9.99. The minimum atomic E-state index is -0.217. The van der Waals surface area contributed by atoms with Crippen LogP contribution in [0.1, 0.15) is 42.0 Å². The number of carbonyl (C=O) groups is 2. The van der Waals surface area contributed by atoms with E-state index < -0.39 is 0 Å². The molecule has 6 heteroatoms. The Morgan fingerprint density at radius 2 is 1.88 bits per heavy atom. The van der Waals surface area contributed by atoms with Crippen molar-refractivity contribution in [3.63, 3.8) is 0 Å². The first-order valence-electron chi connectivity index (χ1n) is 11.4. The van der Waals surface area contributed by atoms with E-state index in [1.807, 2.05) is 56.0 Å². The number of nitrogens with zero attached hydrogens (tertiary/aromatic N) is 3. The summed E-state index contributed by atoms with van der Waals surface area (Å²) in [6.07, 6.45) is 6.10. The second-order valence-corrected chi connectivity index (χ2v) is 8.56. The molecular formula is C26H31N3O3. The number of ether oxygens (including phenoxy) is 1. The van der Waals surface area contributed by atoms with Gasteiger partial charge in [-0.1, -0.05) is 18.2 Å². The Kier molecular flexibility index (Phi) is 6.70. The standard InChI is InChI=1S/C26H31N3O3/c1-4-28(14-11-20-9-12-27-13-10-20)24-23(21-8-7-18(2)19(3)16-21)25(30)29(26(24)31)17-22-6-5-15-32-22/h7-10,12-13,16,22H,4-6,11,14-15,17H2,1-3H3. The predicted molar refractivity (Wildman–Crippen MR) is 124 cm³/mol. The molecule has 32 heavy (non-hydrogen) atoms. The Bertz CT molecular complexity index is 1030. The van der Waals surface area contributed by atoms with Crippen LogP contribution in [0.15, 0.2) is 48.4 Å². The van der Waals surface area contributed by atoms with Gasteiger partial charge in [-0.2, -0.15) is 0 Å². The Balaban J connectivity index is 1.69. The molecule has 4 rings (SSSR count). The molecule has 1 fully saturated rings. The second kappa shape index (κ2) is 9.65. The first-order chi connectivity index (χ1) is 15.5. The molecule has 0 radical (unpaired) electrons. The van der Waals surface area contributed by atoms with Crippen LogP contribution in [0.5, 0.6) is 0 Å². The summed E-state index contributed by atoms with van der Waals surface area (Å²) >= 11 is 0. The Morgan fingerprint density at radius 3 is 2.53 bits per heavy atom. The topological polar surface area (TPSA) is 62.7 Å². The summed E-state index contributed by atoms with van der Waals surface area (Å²) in [5.74, 6) is -0.429. The van der Waals surface area contributed by atoms with E-state index in [4.69, 9.17) is 4.74 Å². The summed E-state index contributed by atoms with van der Waals surface area (Å²) in [6.45, 7) is 8.41. The molecule has 2 amide bonds. The van der Waals surface area contributed by atoms with Crippen LogP contribution in [-0.4, -0.2) is 58.9 Å². The Morgan fingerprint density at radius 1 is 1.09 bits per heavy atom. The molecule has 6 nitrogen and oxygen atoms in total. The maximum Gasteiger partial charge on any atom is 0.277 e. The van der Waals surface area contributed by atoms with Gasteiger partial charge >= 0.3 is 0 Å². The van der Waals surface area contributed by atoms with Gasteiger partial charge in [0.05, 0.1) is 18.2 Å². The summed E-state index contributed by atoms with van der Waals surface area (Å²) in [6, 6.07) is 9.95. The van der Waals surface area contributed by atoms with Gasteiger partial charge in [0, 0.05) is 32.1 Å². The molecule has 0 saturated carbocycles. The monoisotopic (exact) mass is 433 g/mol. The number of imide groups is 1. The van der Waals surface area contributed by atoms with Gasteiger partial charge in [0.15, 0.2) is 0 Å². The average molecular weight is 434 g/mol. The zero-order valence-electron chi connectivity index (χ0n) is 19.1. The lowest BCUT2D eigenvalue weighted by molar-refractivity contribution is -0.139. The van der Waals surface area contributed by atoms with Crippen LogP contribution in [0.3, 0.4) is 0 Å². The van der Waals surface area contributed by atoms with Crippen molar-refractivity contribution in [1.29, 1.82) is 0 Å². The van der Waals surface area contributed by atoms with Gasteiger partial charge in [0.1, 0.15) is 5.70 Å². The lowest BCUT2D eigenvalue weighted by Crippen LogP contribution is -2.40. The first kappa shape index (κ1) is 22.2. The molecule has 1 aromatic heterocycles. The van der Waals surface area contributed by atoms with Crippen molar-refractivity contribution in [2.24, 2.45) is 0 Å². The normalized spacial score (nSPS) is 18.7. The maximum atomic E-state index is 13.6. The number of carbonyl (C=O) groups excluding carboxylic acids is 2. The molecule has 2 aromatic rings. The molecule has 3 heterocycles. The van der Waals surface area contributed by atoms with E-state index in [1.54, 1.807) is 12.4 Å². The number of aryl methyl sites for hydroxylation is 2. The SMILES string of the molecule is CCN(CCc1ccncc1)C1=C(c2ccc(C)c(C)c2)C(=O)N(CC2CCCO2)C1=O. The van der Waals surface area contributed by atoms with E-state index in [2.05, 4.69) is 4.98 Å². The highest BCUT2D eigenvalue weighted by atomic mass is 16.5. The Hall–Kier alpha value is -2.99. The van der Waals surface area contributed by atoms with E-state index in [9.17, 15) is 9.59 Å². The van der Waals surface area contributed by atoms with Crippen molar-refractivity contribution in [3.05, 3.63) is 70.7 Å². The quantitative estimate of drug-likeness (QED) is 0.596. The largest absolute Gasteiger partial charge is 0.376 e. The third-order valence-corrected chi connectivity index (χ3v) is 6.47. The lowest BCUT2D eigenvalue weighted by Gasteiger charge is -2.25. The van der Waals surface area contributed by atoms with E-state index in [0.29, 0.717) is 37.5 Å². The molecule has 0 bridgehead atoms. The highest BCUT2D eigenvalue weighted by Gasteiger charge is 2.42. The fourth-order valence-electron chi connectivity index (χ4n) is 4.41. The van der Waals surface area contributed by atoms with Crippen LogP contribution in [0.4, 0.5) is 0 Å². The van der Waals surface area contributed by atoms with Gasteiger partial charge in [0.2, 0.25) is 0 Å². The van der Waals surface area contributed by atoms with Gasteiger partial charge in [0.25, 0.3) is 11.8 Å². The van der Waals surface area contributed by atoms with E-state index in [1.165, 1.54) is 4.90 Å². The number of pyridine rings is 1. The number of rotatable bonds is 8. The molecule has 1 atom stereocenters. The van der Waals surface area contributed by atoms with Crippen LogP contribution < -0.4 is 0 Å². The van der Waals surface area contributed by atoms with Crippen molar-refractivity contribution in [2.75, 3.05) is 26.2 Å². The number of aromatic nitrogens is 1. The molecule has 0 N–H and O–H groups in total. The van der Waals surface area contributed by atoms with Gasteiger partial charge in [-0.05, 0) is 74.4 Å². The van der Waals surface area contributed by atoms with Gasteiger partial charge in [-0.25, -0.2) is 0 Å². The molecule has 1 unspecified atom stereocenters. The van der Waals surface area contributed by atoms with Crippen molar-refractivity contribution in [1.82, 2.24) is 14.8 Å². The van der Waals surface area contributed by atoms with Crippen molar-refractivity contribution >= 4 is 17.4 Å². The summed E-state index contributed by atoms with van der Waals surface area (Å²) in [5.41, 5.74) is 5.24. The molecule has 168 valence electrons. The zero-order chi connectivity index (χ0) is 22.7. The first-order valence-corrected chi connectivity index (χ1v) is 11.4. The molecule has 1 saturated heterocycles. The van der Waals surface area contributed by atoms with Crippen molar-refractivity contribution < 1.29 is 14.3 Å². The minimum absolute atomic E-state index is 0.0739. The summed E-state index contributed by atoms with van der Waals surface area (Å²) in [7, 11) is 0. The number of hydrogen-bond acceptors (Lipinski definition) is 5. The van der Waals surface area contributed by atoms with Gasteiger partial charge < -0.3 is 9.64 Å².